The number of halogens is 2. The average molecular weight is 270 g/mol. The molecule has 3 rings (SSSR count). The highest BCUT2D eigenvalue weighted by molar-refractivity contribution is 6.30. The smallest absolute Gasteiger partial charge is 0.245 e. The Balaban J connectivity index is 2.16. The molecule has 1 fully saturated rings. The van der Waals surface area contributed by atoms with Gasteiger partial charge in [0.1, 0.15) is 10.8 Å². The zero-order chi connectivity index (χ0) is 12.0. The van der Waals surface area contributed by atoms with Gasteiger partial charge in [-0.1, -0.05) is 11.6 Å². The first-order valence-electron chi connectivity index (χ1n) is 5.25. The van der Waals surface area contributed by atoms with E-state index in [2.05, 4.69) is 15.0 Å². The van der Waals surface area contributed by atoms with E-state index in [1.807, 2.05) is 6.92 Å². The highest BCUT2D eigenvalue weighted by Crippen LogP contribution is 2.40. The summed E-state index contributed by atoms with van der Waals surface area (Å²) >= 11 is 11.7. The van der Waals surface area contributed by atoms with Crippen molar-refractivity contribution in [1.82, 2.24) is 15.0 Å². The molecule has 1 saturated carbocycles. The van der Waals surface area contributed by atoms with E-state index in [-0.39, 0.29) is 10.9 Å². The molecule has 0 atom stereocenters. The van der Waals surface area contributed by atoms with Gasteiger partial charge in [-0.3, -0.25) is 0 Å². The quantitative estimate of drug-likeness (QED) is 0.620. The van der Waals surface area contributed by atoms with Gasteiger partial charge in [0, 0.05) is 0 Å². The fourth-order valence-electron chi connectivity index (χ4n) is 1.52. The Kier molecular flexibility index (Phi) is 2.38. The summed E-state index contributed by atoms with van der Waals surface area (Å²) < 4.78 is 5.81. The molecule has 0 aliphatic heterocycles. The average Bonchev–Trinajstić information content (AvgIpc) is 2.97. The lowest BCUT2D eigenvalue weighted by molar-refractivity contribution is 0.194. The van der Waals surface area contributed by atoms with E-state index in [1.165, 1.54) is 0 Å². The Labute approximate surface area is 108 Å². The molecule has 0 N–H and O–H groups in total. The lowest BCUT2D eigenvalue weighted by Gasteiger charge is -2.13. The monoisotopic (exact) mass is 269 g/mol. The van der Waals surface area contributed by atoms with Gasteiger partial charge in [-0.2, -0.15) is 4.98 Å². The minimum absolute atomic E-state index is 0.144. The first-order valence-corrected chi connectivity index (χ1v) is 6.00. The molecule has 2 heterocycles. The number of pyridine rings is 1. The van der Waals surface area contributed by atoms with Crippen molar-refractivity contribution in [3.63, 3.8) is 0 Å². The molecule has 2 aromatic rings. The molecule has 0 saturated heterocycles. The van der Waals surface area contributed by atoms with Gasteiger partial charge >= 0.3 is 0 Å². The highest BCUT2D eigenvalue weighted by atomic mass is 35.5. The molecule has 17 heavy (non-hydrogen) atoms. The summed E-state index contributed by atoms with van der Waals surface area (Å²) in [6.07, 6.45) is 2.02. The first kappa shape index (κ1) is 11.0. The number of fused-ring (bicyclic) bond motifs is 1. The van der Waals surface area contributed by atoms with E-state index < -0.39 is 0 Å². The summed E-state index contributed by atoms with van der Waals surface area (Å²) in [5, 5.41) is 0.537. The third-order valence-corrected chi connectivity index (χ3v) is 3.13. The van der Waals surface area contributed by atoms with Crippen LogP contribution in [0, 0.1) is 0 Å². The van der Waals surface area contributed by atoms with Crippen LogP contribution < -0.4 is 4.74 Å². The Morgan fingerprint density at radius 1 is 1.18 bits per heavy atom. The van der Waals surface area contributed by atoms with Crippen LogP contribution in [0.1, 0.15) is 19.8 Å². The SMILES string of the molecule is CC1(Oc2nc(Cl)nc3ccc(Cl)nc23)CC1. The van der Waals surface area contributed by atoms with Crippen LogP contribution in [0.2, 0.25) is 10.4 Å². The first-order chi connectivity index (χ1) is 8.06. The Hall–Kier alpha value is -1.13. The van der Waals surface area contributed by atoms with Crippen molar-refractivity contribution in [1.29, 1.82) is 0 Å². The van der Waals surface area contributed by atoms with Crippen LogP contribution in [0.4, 0.5) is 0 Å². The second kappa shape index (κ2) is 3.68. The van der Waals surface area contributed by atoms with Crippen LogP contribution in [0.5, 0.6) is 5.88 Å². The zero-order valence-corrected chi connectivity index (χ0v) is 10.6. The van der Waals surface area contributed by atoms with E-state index in [9.17, 15) is 0 Å². The Morgan fingerprint density at radius 2 is 1.94 bits per heavy atom. The van der Waals surface area contributed by atoms with E-state index in [0.717, 1.165) is 12.8 Å². The summed E-state index contributed by atoms with van der Waals surface area (Å²) in [6.45, 7) is 2.03. The second-order valence-electron chi connectivity index (χ2n) is 4.35. The molecule has 0 radical (unpaired) electrons. The number of hydrogen-bond acceptors (Lipinski definition) is 4. The summed E-state index contributed by atoms with van der Waals surface area (Å²) in [5.41, 5.74) is 1.04. The van der Waals surface area contributed by atoms with Gasteiger partial charge < -0.3 is 4.74 Å². The predicted molar refractivity (Wildman–Crippen MR) is 65.6 cm³/mol. The fourth-order valence-corrected chi connectivity index (χ4v) is 1.83. The summed E-state index contributed by atoms with van der Waals surface area (Å²) in [5.74, 6) is 0.405. The predicted octanol–water partition coefficient (Wildman–Crippen LogP) is 3.26. The normalized spacial score (nSPS) is 17.1. The van der Waals surface area contributed by atoms with E-state index in [1.54, 1.807) is 12.1 Å². The zero-order valence-electron chi connectivity index (χ0n) is 9.07. The van der Waals surface area contributed by atoms with Crippen LogP contribution in [0.25, 0.3) is 11.0 Å². The van der Waals surface area contributed by atoms with Crippen LogP contribution in [0.3, 0.4) is 0 Å². The molecular formula is C11H9Cl2N3O. The van der Waals surface area contributed by atoms with Crippen LogP contribution >= 0.6 is 23.2 Å². The van der Waals surface area contributed by atoms with Crippen molar-refractivity contribution in [3.05, 3.63) is 22.6 Å². The molecule has 0 bridgehead atoms. The summed E-state index contributed by atoms with van der Waals surface area (Å²) in [4.78, 5) is 12.3. The van der Waals surface area contributed by atoms with Gasteiger partial charge in [-0.15, -0.1) is 0 Å². The summed E-state index contributed by atoms with van der Waals surface area (Å²) in [7, 11) is 0. The van der Waals surface area contributed by atoms with Crippen molar-refractivity contribution in [2.45, 2.75) is 25.4 Å². The maximum absolute atomic E-state index is 5.86. The number of rotatable bonds is 2. The Morgan fingerprint density at radius 3 is 2.65 bits per heavy atom. The highest BCUT2D eigenvalue weighted by Gasteiger charge is 2.41. The lowest BCUT2D eigenvalue weighted by atomic mass is 10.3. The molecule has 1 aliphatic rings. The molecule has 6 heteroatoms. The summed E-state index contributed by atoms with van der Waals surface area (Å²) in [6, 6.07) is 3.41. The van der Waals surface area contributed by atoms with Gasteiger partial charge in [-0.25, -0.2) is 9.97 Å². The minimum Gasteiger partial charge on any atom is -0.470 e. The van der Waals surface area contributed by atoms with Crippen molar-refractivity contribution in [3.8, 4) is 5.88 Å². The standard InChI is InChI=1S/C11H9Cl2N3O/c1-11(4-5-11)17-9-8-6(14-10(13)16-9)2-3-7(12)15-8/h2-3H,4-5H2,1H3. The van der Waals surface area contributed by atoms with Crippen molar-refractivity contribution in [2.75, 3.05) is 0 Å². The third-order valence-electron chi connectivity index (χ3n) is 2.75. The molecule has 1 aliphatic carbocycles. The number of aromatic nitrogens is 3. The van der Waals surface area contributed by atoms with E-state index in [4.69, 9.17) is 27.9 Å². The van der Waals surface area contributed by atoms with Crippen LogP contribution in [-0.4, -0.2) is 20.6 Å². The van der Waals surface area contributed by atoms with Crippen molar-refractivity contribution >= 4 is 34.2 Å². The maximum Gasteiger partial charge on any atom is 0.245 e. The molecule has 0 unspecified atom stereocenters. The lowest BCUT2D eigenvalue weighted by Crippen LogP contribution is -2.14. The Bertz CT molecular complexity index is 599. The third kappa shape index (κ3) is 2.15. The number of hydrogen-bond donors (Lipinski definition) is 0. The van der Waals surface area contributed by atoms with Gasteiger partial charge in [0.05, 0.1) is 5.52 Å². The molecule has 88 valence electrons. The van der Waals surface area contributed by atoms with Gasteiger partial charge in [0.25, 0.3) is 0 Å². The fraction of sp³-hybridized carbons (Fsp3) is 0.364. The molecule has 0 spiro atoms. The molecule has 0 aromatic carbocycles. The largest absolute Gasteiger partial charge is 0.470 e. The van der Waals surface area contributed by atoms with Crippen molar-refractivity contribution < 1.29 is 4.74 Å². The topological polar surface area (TPSA) is 47.9 Å². The minimum atomic E-state index is -0.144. The van der Waals surface area contributed by atoms with Gasteiger partial charge in [-0.05, 0) is 43.5 Å². The number of ether oxygens (including phenoxy) is 1. The van der Waals surface area contributed by atoms with E-state index >= 15 is 0 Å². The molecular weight excluding hydrogens is 261 g/mol. The van der Waals surface area contributed by atoms with Crippen LogP contribution in [0.15, 0.2) is 12.1 Å². The molecule has 4 nitrogen and oxygen atoms in total. The molecule has 2 aromatic heterocycles. The maximum atomic E-state index is 5.86. The second-order valence-corrected chi connectivity index (χ2v) is 5.08. The van der Waals surface area contributed by atoms with Gasteiger partial charge in [0.2, 0.25) is 11.2 Å². The molecule has 0 amide bonds. The number of nitrogens with zero attached hydrogens (tertiary/aromatic N) is 3. The van der Waals surface area contributed by atoms with Gasteiger partial charge in [0.15, 0.2) is 5.52 Å². The van der Waals surface area contributed by atoms with Crippen LogP contribution in [-0.2, 0) is 0 Å². The van der Waals surface area contributed by atoms with E-state index in [0.29, 0.717) is 22.1 Å². The van der Waals surface area contributed by atoms with Crippen molar-refractivity contribution in [2.24, 2.45) is 0 Å².